The summed E-state index contributed by atoms with van der Waals surface area (Å²) in [6.45, 7) is 5.61. The van der Waals surface area contributed by atoms with Gasteiger partial charge in [-0.25, -0.2) is 4.98 Å². The fourth-order valence-electron chi connectivity index (χ4n) is 2.74. The quantitative estimate of drug-likeness (QED) is 0.115. The van der Waals surface area contributed by atoms with Crippen molar-refractivity contribution in [3.05, 3.63) is 46.5 Å². The van der Waals surface area contributed by atoms with Crippen molar-refractivity contribution < 1.29 is 36.5 Å². The van der Waals surface area contributed by atoms with E-state index in [1.807, 2.05) is 16.8 Å². The first kappa shape index (κ1) is 45.0. The minimum atomic E-state index is 0. The summed E-state index contributed by atoms with van der Waals surface area (Å²) in [5, 5.41) is 16.7. The van der Waals surface area contributed by atoms with Crippen molar-refractivity contribution in [2.75, 3.05) is 26.2 Å². The minimum Gasteiger partial charge on any atom is -0.412 e. The van der Waals surface area contributed by atoms with E-state index in [-0.39, 0.29) is 36.5 Å². The van der Waals surface area contributed by atoms with Crippen LogP contribution in [0.2, 0.25) is 10.0 Å². The molecule has 0 aliphatic carbocycles. The van der Waals surface area contributed by atoms with Gasteiger partial charge in [-0.15, -0.1) is 0 Å². The Morgan fingerprint density at radius 3 is 1.65 bits per heavy atom. The van der Waals surface area contributed by atoms with Gasteiger partial charge in [-0.3, -0.25) is 4.68 Å². The van der Waals surface area contributed by atoms with E-state index >= 15 is 0 Å². The van der Waals surface area contributed by atoms with Crippen LogP contribution in [0.15, 0.2) is 30.9 Å². The molecule has 1 heterocycles. The van der Waals surface area contributed by atoms with Crippen molar-refractivity contribution >= 4 is 140 Å². The second-order valence-electron chi connectivity index (χ2n) is 7.13. The summed E-state index contributed by atoms with van der Waals surface area (Å²) >= 11 is 48.9. The van der Waals surface area contributed by atoms with Crippen LogP contribution >= 0.6 is 72.1 Å². The van der Waals surface area contributed by atoms with Gasteiger partial charge in [-0.05, 0) is 24.1 Å². The molecule has 0 saturated carbocycles. The van der Waals surface area contributed by atoms with Crippen LogP contribution in [-0.4, -0.2) is 58.2 Å². The molecule has 0 aliphatic rings. The Morgan fingerprint density at radius 1 is 0.875 bits per heavy atom. The molecule has 0 bridgehead atoms. The molecule has 1 unspecified atom stereocenters. The zero-order valence-corrected chi connectivity index (χ0v) is 33.6. The third-order valence-corrected chi connectivity index (χ3v) is 5.96. The van der Waals surface area contributed by atoms with Crippen LogP contribution in [0.4, 0.5) is 0 Å². The first-order valence-electron chi connectivity index (χ1n) is 11.0. The summed E-state index contributed by atoms with van der Waals surface area (Å²) < 4.78 is 3.33. The van der Waals surface area contributed by atoms with Crippen molar-refractivity contribution in [1.29, 1.82) is 0 Å². The molecule has 217 valence electrons. The molecule has 4 N–H and O–H groups in total. The molecule has 1 aromatic carbocycles. The molecule has 19 heteroatoms. The molecule has 1 radical (unpaired) electrons. The van der Waals surface area contributed by atoms with Crippen LogP contribution in [0.25, 0.3) is 0 Å². The normalized spacial score (nSPS) is 9.88. The Kier molecular flexibility index (Phi) is 31.8. The maximum Gasteiger partial charge on any atom is 2.00 e. The largest absolute Gasteiger partial charge is 2.00 e. The van der Waals surface area contributed by atoms with E-state index in [2.05, 4.69) is 138 Å². The van der Waals surface area contributed by atoms with Gasteiger partial charge in [0.15, 0.2) is 0 Å². The van der Waals surface area contributed by atoms with E-state index in [9.17, 15) is 0 Å². The summed E-state index contributed by atoms with van der Waals surface area (Å²) in [4.78, 5) is 3.96. The molecular formula is C21H27Cl2MnN7S8Zn. The zero-order chi connectivity index (χ0) is 28.9. The fraction of sp³-hybridized carbons (Fsp3) is 0.429. The molecule has 0 aliphatic heterocycles. The van der Waals surface area contributed by atoms with Crippen molar-refractivity contribution in [2.45, 2.75) is 32.2 Å². The average Bonchev–Trinajstić information content (AvgIpc) is 3.33. The van der Waals surface area contributed by atoms with Crippen molar-refractivity contribution in [2.24, 2.45) is 0 Å². The van der Waals surface area contributed by atoms with Crippen molar-refractivity contribution in [3.63, 3.8) is 0 Å². The van der Waals surface area contributed by atoms with E-state index in [4.69, 9.17) is 23.2 Å². The number of halogens is 2. The predicted octanol–water partition coefficient (Wildman–Crippen LogP) is 3.82. The number of hydrogen-bond donors (Lipinski definition) is 4. The van der Waals surface area contributed by atoms with Crippen LogP contribution in [0.3, 0.4) is 0 Å². The third-order valence-electron chi connectivity index (χ3n) is 4.24. The zero-order valence-electron chi connectivity index (χ0n) is 21.4. The number of hydrogen-bond acceptors (Lipinski definition) is 10. The van der Waals surface area contributed by atoms with Crippen LogP contribution < -0.4 is 21.3 Å². The maximum atomic E-state index is 6.27. The molecule has 0 saturated heterocycles. The van der Waals surface area contributed by atoms with Gasteiger partial charge < -0.3 is 121 Å². The maximum absolute atomic E-state index is 6.27. The van der Waals surface area contributed by atoms with Crippen LogP contribution in [-0.2, 0) is 93.6 Å². The van der Waals surface area contributed by atoms with Crippen LogP contribution in [0.5, 0.6) is 0 Å². The third kappa shape index (κ3) is 26.2. The minimum absolute atomic E-state index is 0. The number of nitrogens with zero attached hydrogens (tertiary/aromatic N) is 3. The molecule has 2 aromatic rings. The topological polar surface area (TPSA) is 78.8 Å². The van der Waals surface area contributed by atoms with Crippen molar-refractivity contribution in [3.8, 4) is 0 Å². The van der Waals surface area contributed by atoms with Gasteiger partial charge in [-0.1, -0.05) is 59.9 Å². The summed E-state index contributed by atoms with van der Waals surface area (Å²) in [5.41, 5.74) is 1.12. The van der Waals surface area contributed by atoms with Crippen LogP contribution in [0, 0.1) is 0 Å². The molecule has 0 amide bonds. The molecule has 2 rings (SSSR count). The smallest absolute Gasteiger partial charge is 0.412 e. The van der Waals surface area contributed by atoms with E-state index in [1.54, 1.807) is 18.7 Å². The monoisotopic (exact) mass is 822 g/mol. The average molecular weight is 825 g/mol. The Hall–Kier alpha value is 0.523. The number of thiocarbonyl (C=S) groups is 4. The fourth-order valence-corrected chi connectivity index (χ4v) is 4.12. The molecule has 0 spiro atoms. The summed E-state index contributed by atoms with van der Waals surface area (Å²) in [6.07, 6.45) is 5.43. The molecular weight excluding hydrogens is 798 g/mol. The molecule has 1 atom stereocenters. The molecule has 0 fully saturated rings. The van der Waals surface area contributed by atoms with Gasteiger partial charge in [0.2, 0.25) is 0 Å². The number of nitrogens with one attached hydrogen (secondary N) is 4. The standard InChI is InChI=1S/C13H15Cl2N3.2C4H8N2S4.Mn.Zn/c1-2-3-10(7-18-9-16-8-17-18)12-5-4-11(14)6-13(12)15;2*7-3(8)5-1-2-6-4(9)10;;/h4-6,8-10H,2-3,7H2,1H3;2*1-2H2,(H2,5,7,8)(H2,6,9,10);;/q;;;2*+2/p-4. The summed E-state index contributed by atoms with van der Waals surface area (Å²) in [5.74, 6) is 0.335. The Labute approximate surface area is 313 Å². The SMILES string of the molecule is CCCC(Cn1cncn1)c1ccc(Cl)cc1Cl.S=C([S-])NCCNC(=S)[S-].S=C([S-])NCCNC(=S)[S-].[Mn+2].[Zn+2]. The van der Waals surface area contributed by atoms with Gasteiger partial charge >= 0.3 is 36.5 Å². The van der Waals surface area contributed by atoms with Gasteiger partial charge in [0, 0.05) is 48.7 Å². The van der Waals surface area contributed by atoms with Gasteiger partial charge in [0.05, 0.1) is 0 Å². The Balaban J connectivity index is -0.000000542. The van der Waals surface area contributed by atoms with Crippen molar-refractivity contribution in [1.82, 2.24) is 36.0 Å². The van der Waals surface area contributed by atoms with E-state index in [1.165, 1.54) is 0 Å². The predicted molar refractivity (Wildman–Crippen MR) is 186 cm³/mol. The van der Waals surface area contributed by atoms with Gasteiger partial charge in [-0.2, -0.15) is 5.10 Å². The van der Waals surface area contributed by atoms with E-state index in [0.29, 0.717) is 54.4 Å². The van der Waals surface area contributed by atoms with E-state index in [0.717, 1.165) is 30.0 Å². The van der Waals surface area contributed by atoms with Gasteiger partial charge in [0.1, 0.15) is 12.7 Å². The Morgan fingerprint density at radius 2 is 1.32 bits per heavy atom. The number of rotatable bonds is 11. The second-order valence-corrected chi connectivity index (χ2v) is 12.3. The molecule has 1 aromatic heterocycles. The second kappa shape index (κ2) is 28.3. The van der Waals surface area contributed by atoms with Crippen LogP contribution in [0.1, 0.15) is 31.2 Å². The Bertz CT molecular complexity index is 945. The van der Waals surface area contributed by atoms with Gasteiger partial charge in [0.25, 0.3) is 0 Å². The molecule has 40 heavy (non-hydrogen) atoms. The number of aromatic nitrogens is 3. The number of benzene rings is 1. The first-order chi connectivity index (χ1) is 18.0. The van der Waals surface area contributed by atoms with E-state index < -0.39 is 0 Å². The summed E-state index contributed by atoms with van der Waals surface area (Å²) in [6, 6.07) is 5.68. The molecule has 7 nitrogen and oxygen atoms in total. The first-order valence-corrected chi connectivity index (χ1v) is 15.0. The summed E-state index contributed by atoms with van der Waals surface area (Å²) in [7, 11) is 0.